The summed E-state index contributed by atoms with van der Waals surface area (Å²) in [7, 11) is 9.27. The number of carboxylic acid groups (broad SMARTS) is 1. The van der Waals surface area contributed by atoms with E-state index < -0.39 is 30.0 Å². The van der Waals surface area contributed by atoms with Crippen LogP contribution in [0.3, 0.4) is 0 Å². The fourth-order valence-electron chi connectivity index (χ4n) is 11.0. The molecule has 0 spiro atoms. The molecule has 0 radical (unpaired) electrons. The molecule has 4 aromatic heterocycles. The van der Waals surface area contributed by atoms with Crippen molar-refractivity contribution in [3.63, 3.8) is 0 Å². The van der Waals surface area contributed by atoms with Gasteiger partial charge in [-0.1, -0.05) is 70.7 Å². The Kier molecular flexibility index (Phi) is 28.9. The van der Waals surface area contributed by atoms with E-state index in [4.69, 9.17) is 9.47 Å². The number of nitrogens with one attached hydrogen (secondary N) is 1. The van der Waals surface area contributed by atoms with E-state index in [-0.39, 0.29) is 79.9 Å². The highest BCUT2D eigenvalue weighted by Crippen LogP contribution is 2.40. The summed E-state index contributed by atoms with van der Waals surface area (Å²) in [5, 5.41) is 13.0. The minimum atomic E-state index is -1.11. The topological polar surface area (TPSA) is 230 Å². The maximum absolute atomic E-state index is 13.8. The lowest BCUT2D eigenvalue weighted by atomic mass is 9.88. The van der Waals surface area contributed by atoms with Crippen molar-refractivity contribution in [1.82, 2.24) is 14.7 Å². The number of likely N-dealkylation sites (tertiary alicyclic amines) is 3. The molecule has 0 unspecified atom stereocenters. The molecule has 3 fully saturated rings. The molecular formula is C78H97BrN6O13S4. The van der Waals surface area contributed by atoms with Crippen LogP contribution in [0.1, 0.15) is 213 Å². The summed E-state index contributed by atoms with van der Waals surface area (Å²) < 4.78 is 15.3. The number of carboxylic acids is 1. The summed E-state index contributed by atoms with van der Waals surface area (Å²) in [6.45, 7) is 30.1. The Morgan fingerprint density at radius 1 is 0.500 bits per heavy atom. The van der Waals surface area contributed by atoms with Gasteiger partial charge in [-0.25, -0.2) is 19.2 Å². The molecule has 548 valence electrons. The second kappa shape index (κ2) is 35.5. The molecule has 3 saturated heterocycles. The van der Waals surface area contributed by atoms with Gasteiger partial charge in [0.25, 0.3) is 0 Å². The fourth-order valence-corrected chi connectivity index (χ4v) is 15.2. The summed E-state index contributed by atoms with van der Waals surface area (Å²) in [4.78, 5) is 126. The zero-order chi connectivity index (χ0) is 76.1. The quantitative estimate of drug-likeness (QED) is 0.0582. The van der Waals surface area contributed by atoms with E-state index in [0.717, 1.165) is 51.2 Å². The molecule has 3 aliphatic heterocycles. The number of nitrogens with zero attached hydrogens (tertiary/aromatic N) is 5. The first-order valence-corrected chi connectivity index (χ1v) is 37.9. The molecule has 0 saturated carbocycles. The zero-order valence-electron chi connectivity index (χ0n) is 62.4. The SMILES string of the molecule is CC1=CC[C@@H](C(=O)N(c2cc(C#CC(C)(C)C)sc2C(=O)O)[C@H]2CCN(C)C2=O)CC1.COC(=O)c1sc(C#CC(C)(C)C)cc1Br.COC(=O)c1sc(C#CC(C)(C)C)cc1N(C(=O)[C@@H]1CC=C(C)CC1)[C@H]1CCN(C)C1=O.COC(=O)c1sc(C#CC(C)(C)C)cc1N[C@H]1CCN(C)C1=O. The highest BCUT2D eigenvalue weighted by atomic mass is 79.9. The maximum atomic E-state index is 13.8. The highest BCUT2D eigenvalue weighted by molar-refractivity contribution is 9.10. The number of amides is 5. The Morgan fingerprint density at radius 3 is 1.20 bits per heavy atom. The number of methoxy groups -OCH3 is 3. The van der Waals surface area contributed by atoms with Gasteiger partial charge in [-0.15, -0.1) is 45.3 Å². The first-order chi connectivity index (χ1) is 47.5. The summed E-state index contributed by atoms with van der Waals surface area (Å²) >= 11 is 8.21. The van der Waals surface area contributed by atoms with Crippen LogP contribution in [-0.4, -0.2) is 153 Å². The molecule has 2 N–H and O–H groups in total. The number of hydrogen-bond donors (Lipinski definition) is 2. The van der Waals surface area contributed by atoms with E-state index in [0.29, 0.717) is 93.2 Å². The Bertz CT molecular complexity index is 4170. The van der Waals surface area contributed by atoms with Gasteiger partial charge in [-0.2, -0.15) is 0 Å². The fraction of sp³-hybridized carbons (Fsp3) is 0.526. The molecule has 102 heavy (non-hydrogen) atoms. The zero-order valence-corrected chi connectivity index (χ0v) is 67.3. The minimum absolute atomic E-state index is 0.0364. The number of likely N-dealkylation sites (N-methyl/N-ethyl adjacent to an activating group) is 3. The van der Waals surface area contributed by atoms with E-state index >= 15 is 0 Å². The third kappa shape index (κ3) is 23.3. The normalized spacial score (nSPS) is 18.7. The number of aromatic carboxylic acids is 1. The van der Waals surface area contributed by atoms with Crippen molar-refractivity contribution < 1.29 is 62.5 Å². The monoisotopic (exact) mass is 1530 g/mol. The molecule has 5 aliphatic rings. The van der Waals surface area contributed by atoms with Crippen LogP contribution in [0.2, 0.25) is 0 Å². The number of carbonyl (C=O) groups is 9. The molecule has 24 heteroatoms. The van der Waals surface area contributed by atoms with E-state index in [1.165, 1.54) is 71.4 Å². The standard InChI is InChI=1S/C25H32N2O4S.C24H30N2O4S.C17H22N2O3S.C12H13BrO2S/c1-16-7-9-17(10-8-16)22(28)27(19-12-14-26(5)23(19)29)20-15-18(11-13-25(2,3)4)32-21(20)24(30)31-6;1-15-6-8-16(9-7-15)21(27)26(18-11-13-25(5)22(18)28)19-14-17(10-12-24(2,3)4)31-20(19)23(29)30;1-17(2,3)8-6-11-10-13(14(23-11)16(21)22-5)18-12-7-9-19(4)15(12)20;1-12(2,3)6-5-8-7-9(13)10(16-8)11(14)15-4/h7,15,17,19H,8-10,12,14H2,1-6H3;6,14,16,18H,7-9,11,13H2,1-5H3,(H,29,30);10,12,18H,7,9H2,1-5H3;7H,1-4H3/t17-,19+;16-,18+;12-;/m110./s1. The molecule has 19 nitrogen and oxygen atoms in total. The lowest BCUT2D eigenvalue weighted by Crippen LogP contribution is -2.48. The van der Waals surface area contributed by atoms with Crippen LogP contribution in [0, 0.1) is 80.9 Å². The van der Waals surface area contributed by atoms with Crippen LogP contribution in [0.4, 0.5) is 17.1 Å². The lowest BCUT2D eigenvalue weighted by molar-refractivity contribution is -0.131. The van der Waals surface area contributed by atoms with Crippen molar-refractivity contribution >= 4 is 132 Å². The maximum Gasteiger partial charge on any atom is 0.350 e. The van der Waals surface area contributed by atoms with Crippen molar-refractivity contribution in [2.45, 2.75) is 173 Å². The van der Waals surface area contributed by atoms with Crippen LogP contribution in [0.5, 0.6) is 0 Å². The summed E-state index contributed by atoms with van der Waals surface area (Å²) in [6, 6.07) is 5.49. The Balaban J connectivity index is 0.000000220. The number of hydrogen-bond acceptors (Lipinski definition) is 17. The number of esters is 3. The second-order valence-corrected chi connectivity index (χ2v) is 35.0. The van der Waals surface area contributed by atoms with Gasteiger partial charge in [0, 0.05) is 78.7 Å². The molecular weight excluding hydrogens is 1440 g/mol. The molecule has 2 aliphatic carbocycles. The van der Waals surface area contributed by atoms with Crippen LogP contribution >= 0.6 is 61.3 Å². The summed E-state index contributed by atoms with van der Waals surface area (Å²) in [6.07, 6.45) is 10.3. The van der Waals surface area contributed by atoms with Crippen LogP contribution in [0.15, 0.2) is 52.0 Å². The Morgan fingerprint density at radius 2 is 0.843 bits per heavy atom. The van der Waals surface area contributed by atoms with Crippen molar-refractivity contribution in [2.24, 2.45) is 33.5 Å². The minimum Gasteiger partial charge on any atom is -0.477 e. The number of allylic oxidation sites excluding steroid dienone is 4. The average molecular weight is 1530 g/mol. The Hall–Kier alpha value is -7.97. The van der Waals surface area contributed by atoms with Gasteiger partial charge < -0.3 is 39.3 Å². The smallest absolute Gasteiger partial charge is 0.350 e. The molecule has 7 heterocycles. The van der Waals surface area contributed by atoms with Crippen molar-refractivity contribution in [3.8, 4) is 47.4 Å². The number of carbonyl (C=O) groups excluding carboxylic acids is 8. The molecule has 0 bridgehead atoms. The molecule has 5 amide bonds. The van der Waals surface area contributed by atoms with E-state index in [9.17, 15) is 48.3 Å². The van der Waals surface area contributed by atoms with Gasteiger partial charge in [0.05, 0.1) is 57.9 Å². The van der Waals surface area contributed by atoms with Crippen molar-refractivity contribution in [2.75, 3.05) is 77.2 Å². The second-order valence-electron chi connectivity index (χ2n) is 29.9. The summed E-state index contributed by atoms with van der Waals surface area (Å²) in [5.41, 5.74) is 3.28. The number of halogens is 1. The Labute approximate surface area is 626 Å². The van der Waals surface area contributed by atoms with Gasteiger partial charge in [0.15, 0.2) is 0 Å². The predicted octanol–water partition coefficient (Wildman–Crippen LogP) is 14.7. The number of rotatable bonds is 12. The highest BCUT2D eigenvalue weighted by Gasteiger charge is 2.44. The van der Waals surface area contributed by atoms with Crippen LogP contribution in [-0.2, 0) is 38.2 Å². The predicted molar refractivity (Wildman–Crippen MR) is 410 cm³/mol. The van der Waals surface area contributed by atoms with E-state index in [1.807, 2.05) is 95.2 Å². The third-order valence-corrected chi connectivity index (χ3v) is 21.5. The average Bonchev–Trinajstić information content (AvgIpc) is 1.61. The van der Waals surface area contributed by atoms with Crippen LogP contribution < -0.4 is 15.1 Å². The van der Waals surface area contributed by atoms with Gasteiger partial charge in [0.1, 0.15) is 37.6 Å². The summed E-state index contributed by atoms with van der Waals surface area (Å²) in [5.74, 6) is 21.5. The first kappa shape index (κ1) is 83.0. The van der Waals surface area contributed by atoms with Gasteiger partial charge >= 0.3 is 23.9 Å². The first-order valence-electron chi connectivity index (χ1n) is 33.8. The molecule has 4 aromatic rings. The van der Waals surface area contributed by atoms with Gasteiger partial charge in [-0.3, -0.25) is 33.8 Å². The van der Waals surface area contributed by atoms with E-state index in [1.54, 1.807) is 52.9 Å². The number of anilines is 3. The molecule has 0 aromatic carbocycles. The molecule has 5 atom stereocenters. The van der Waals surface area contributed by atoms with Crippen molar-refractivity contribution in [1.29, 1.82) is 0 Å². The van der Waals surface area contributed by atoms with Crippen LogP contribution in [0.25, 0.3) is 0 Å². The largest absolute Gasteiger partial charge is 0.477 e. The third-order valence-electron chi connectivity index (χ3n) is 16.5. The molecule has 9 rings (SSSR count). The van der Waals surface area contributed by atoms with Gasteiger partial charge in [0.2, 0.25) is 29.5 Å². The lowest BCUT2D eigenvalue weighted by Gasteiger charge is -2.32. The van der Waals surface area contributed by atoms with E-state index in [2.05, 4.69) is 99.3 Å². The van der Waals surface area contributed by atoms with Crippen molar-refractivity contribution in [3.05, 3.63) is 91.1 Å². The van der Waals surface area contributed by atoms with Gasteiger partial charge in [-0.05, 0) is 195 Å². The number of ether oxygens (including phenoxy) is 3. The number of thiophene rings is 4.